The Bertz CT molecular complexity index is 433. The highest BCUT2D eigenvalue weighted by atomic mass is 32.2. The van der Waals surface area contributed by atoms with E-state index in [1.165, 1.54) is 0 Å². The molecule has 0 unspecified atom stereocenters. The molecule has 1 fully saturated rings. The number of benzene rings is 1. The Morgan fingerprint density at radius 2 is 2.17 bits per heavy atom. The largest absolute Gasteiger partial charge is 0.393 e. The van der Waals surface area contributed by atoms with Gasteiger partial charge >= 0.3 is 0 Å². The summed E-state index contributed by atoms with van der Waals surface area (Å²) in [6, 6.07) is 5.04. The molecule has 0 saturated carbocycles. The number of hydrogen-bond donors (Lipinski definition) is 1. The number of anilines is 1. The van der Waals surface area contributed by atoms with Gasteiger partial charge in [0.25, 0.3) is 5.69 Å². The van der Waals surface area contributed by atoms with E-state index in [4.69, 9.17) is 10.5 Å². The number of nitro groups is 1. The van der Waals surface area contributed by atoms with E-state index in [2.05, 4.69) is 0 Å². The van der Waals surface area contributed by atoms with Crippen molar-refractivity contribution in [1.29, 1.82) is 0 Å². The van der Waals surface area contributed by atoms with Crippen molar-refractivity contribution in [2.75, 3.05) is 18.9 Å². The van der Waals surface area contributed by atoms with Gasteiger partial charge in [-0.3, -0.25) is 10.1 Å². The van der Waals surface area contributed by atoms with Crippen LogP contribution in [-0.2, 0) is 10.5 Å². The van der Waals surface area contributed by atoms with Crippen LogP contribution in [0.3, 0.4) is 0 Å². The van der Waals surface area contributed by atoms with Crippen molar-refractivity contribution in [3.05, 3.63) is 33.9 Å². The summed E-state index contributed by atoms with van der Waals surface area (Å²) in [5.74, 6) is 0.784. The minimum Gasteiger partial charge on any atom is -0.393 e. The number of nitro benzene ring substituents is 1. The van der Waals surface area contributed by atoms with Gasteiger partial charge in [-0.05, 0) is 24.5 Å². The summed E-state index contributed by atoms with van der Waals surface area (Å²) >= 11 is 1.83. The number of ether oxygens (including phenoxy) is 1. The first kappa shape index (κ1) is 13.2. The number of nitrogens with zero attached hydrogens (tertiary/aromatic N) is 1. The maximum absolute atomic E-state index is 10.8. The molecule has 0 atom stereocenters. The fourth-order valence-corrected chi connectivity index (χ4v) is 3.03. The van der Waals surface area contributed by atoms with Crippen LogP contribution in [-0.4, -0.2) is 23.4 Å². The molecule has 18 heavy (non-hydrogen) atoms. The smallest absolute Gasteiger partial charge is 0.292 e. The van der Waals surface area contributed by atoms with E-state index in [0.717, 1.165) is 37.4 Å². The van der Waals surface area contributed by atoms with Gasteiger partial charge in [-0.2, -0.15) is 11.8 Å². The molecule has 2 rings (SSSR count). The van der Waals surface area contributed by atoms with Crippen LogP contribution < -0.4 is 5.73 Å². The molecule has 0 aliphatic carbocycles. The Morgan fingerprint density at radius 3 is 2.83 bits per heavy atom. The fourth-order valence-electron chi connectivity index (χ4n) is 1.89. The highest BCUT2D eigenvalue weighted by Crippen LogP contribution is 2.28. The molecule has 5 nitrogen and oxygen atoms in total. The Balaban J connectivity index is 1.96. The third-order valence-electron chi connectivity index (χ3n) is 2.95. The second kappa shape index (κ2) is 6.06. The van der Waals surface area contributed by atoms with Crippen LogP contribution in [0.5, 0.6) is 0 Å². The predicted octanol–water partition coefficient (Wildman–Crippen LogP) is 2.59. The van der Waals surface area contributed by atoms with Crippen LogP contribution >= 0.6 is 11.8 Å². The van der Waals surface area contributed by atoms with Crippen LogP contribution in [0.25, 0.3) is 0 Å². The fraction of sp³-hybridized carbons (Fsp3) is 0.500. The van der Waals surface area contributed by atoms with Crippen LogP contribution in [0.1, 0.15) is 18.4 Å². The first-order valence-electron chi connectivity index (χ1n) is 5.89. The predicted molar refractivity (Wildman–Crippen MR) is 72.6 cm³/mol. The highest BCUT2D eigenvalue weighted by Gasteiger charge is 2.16. The molecule has 0 radical (unpaired) electrons. The monoisotopic (exact) mass is 268 g/mol. The third kappa shape index (κ3) is 3.36. The van der Waals surface area contributed by atoms with Crippen molar-refractivity contribution in [2.24, 2.45) is 0 Å². The second-order valence-corrected chi connectivity index (χ2v) is 5.56. The maximum Gasteiger partial charge on any atom is 0.292 e. The molecule has 2 N–H and O–H groups in total. The Kier molecular flexibility index (Phi) is 4.43. The van der Waals surface area contributed by atoms with Crippen molar-refractivity contribution in [2.45, 2.75) is 23.8 Å². The lowest BCUT2D eigenvalue weighted by atomic mass is 10.2. The average Bonchev–Trinajstić information content (AvgIpc) is 2.38. The van der Waals surface area contributed by atoms with Crippen molar-refractivity contribution in [3.8, 4) is 0 Å². The molecule has 1 aromatic rings. The Labute approximate surface area is 110 Å². The van der Waals surface area contributed by atoms with Gasteiger partial charge in [0, 0.05) is 30.3 Å². The molecule has 1 saturated heterocycles. The van der Waals surface area contributed by atoms with E-state index in [9.17, 15) is 10.1 Å². The standard InChI is InChI=1S/C12H16N2O3S/c13-11-2-1-9(7-12(11)14(15)16)8-18-10-3-5-17-6-4-10/h1-2,7,10H,3-6,8,13H2. The van der Waals surface area contributed by atoms with E-state index in [1.807, 2.05) is 17.8 Å². The van der Waals surface area contributed by atoms with E-state index in [-0.39, 0.29) is 11.4 Å². The molecule has 0 aromatic heterocycles. The molecular formula is C12H16N2O3S. The molecular weight excluding hydrogens is 252 g/mol. The molecule has 98 valence electrons. The number of rotatable bonds is 4. The first-order valence-corrected chi connectivity index (χ1v) is 6.94. The summed E-state index contributed by atoms with van der Waals surface area (Å²) < 4.78 is 5.30. The molecule has 1 aliphatic heterocycles. The van der Waals surface area contributed by atoms with Crippen molar-refractivity contribution >= 4 is 23.1 Å². The zero-order valence-electron chi connectivity index (χ0n) is 10.0. The lowest BCUT2D eigenvalue weighted by Gasteiger charge is -2.21. The molecule has 0 amide bonds. The Hall–Kier alpha value is -1.27. The normalized spacial score (nSPS) is 16.7. The SMILES string of the molecule is Nc1ccc(CSC2CCOCC2)cc1[N+](=O)[O-]. The summed E-state index contributed by atoms with van der Waals surface area (Å²) in [5, 5.41) is 11.4. The van der Waals surface area contributed by atoms with Gasteiger partial charge in [-0.15, -0.1) is 0 Å². The zero-order chi connectivity index (χ0) is 13.0. The van der Waals surface area contributed by atoms with Gasteiger partial charge in [0.2, 0.25) is 0 Å². The summed E-state index contributed by atoms with van der Waals surface area (Å²) in [4.78, 5) is 10.3. The molecule has 1 aliphatic rings. The molecule has 1 aromatic carbocycles. The van der Waals surface area contributed by atoms with Crippen molar-refractivity contribution in [1.82, 2.24) is 0 Å². The van der Waals surface area contributed by atoms with E-state index >= 15 is 0 Å². The topological polar surface area (TPSA) is 78.4 Å². The highest BCUT2D eigenvalue weighted by molar-refractivity contribution is 7.99. The van der Waals surface area contributed by atoms with Gasteiger partial charge in [0.15, 0.2) is 0 Å². The number of nitrogens with two attached hydrogens (primary N) is 1. The molecule has 0 spiro atoms. The summed E-state index contributed by atoms with van der Waals surface area (Å²) in [7, 11) is 0. The molecule has 6 heteroatoms. The van der Waals surface area contributed by atoms with Gasteiger partial charge in [0.1, 0.15) is 5.69 Å². The minimum atomic E-state index is -0.433. The van der Waals surface area contributed by atoms with E-state index in [0.29, 0.717) is 5.25 Å². The number of thioether (sulfide) groups is 1. The Morgan fingerprint density at radius 1 is 1.44 bits per heavy atom. The van der Waals surface area contributed by atoms with Gasteiger partial charge in [-0.25, -0.2) is 0 Å². The van der Waals surface area contributed by atoms with E-state index in [1.54, 1.807) is 12.1 Å². The van der Waals surface area contributed by atoms with Crippen molar-refractivity contribution < 1.29 is 9.66 Å². The van der Waals surface area contributed by atoms with Crippen LogP contribution in [0.2, 0.25) is 0 Å². The van der Waals surface area contributed by atoms with Crippen LogP contribution in [0.15, 0.2) is 18.2 Å². The van der Waals surface area contributed by atoms with Crippen LogP contribution in [0, 0.1) is 10.1 Å². The van der Waals surface area contributed by atoms with Crippen molar-refractivity contribution in [3.63, 3.8) is 0 Å². The average molecular weight is 268 g/mol. The molecule has 1 heterocycles. The summed E-state index contributed by atoms with van der Waals surface area (Å²) in [6.07, 6.45) is 2.11. The zero-order valence-corrected chi connectivity index (χ0v) is 10.8. The number of nitrogen functional groups attached to an aromatic ring is 1. The van der Waals surface area contributed by atoms with Gasteiger partial charge in [0.05, 0.1) is 4.92 Å². The third-order valence-corrected chi connectivity index (χ3v) is 4.39. The lowest BCUT2D eigenvalue weighted by Crippen LogP contribution is -2.17. The number of hydrogen-bond acceptors (Lipinski definition) is 5. The van der Waals surface area contributed by atoms with E-state index < -0.39 is 4.92 Å². The molecule has 0 bridgehead atoms. The van der Waals surface area contributed by atoms with Crippen LogP contribution in [0.4, 0.5) is 11.4 Å². The lowest BCUT2D eigenvalue weighted by molar-refractivity contribution is -0.383. The minimum absolute atomic E-state index is 0.0000718. The summed E-state index contributed by atoms with van der Waals surface area (Å²) in [5.41, 5.74) is 6.74. The quantitative estimate of drug-likeness (QED) is 0.516. The second-order valence-electron chi connectivity index (χ2n) is 4.27. The van der Waals surface area contributed by atoms with Gasteiger partial charge < -0.3 is 10.5 Å². The van der Waals surface area contributed by atoms with Gasteiger partial charge in [-0.1, -0.05) is 6.07 Å². The summed E-state index contributed by atoms with van der Waals surface area (Å²) in [6.45, 7) is 1.64. The first-order chi connectivity index (χ1) is 8.66. The maximum atomic E-state index is 10.8.